The maximum Gasteiger partial charge on any atom is 0.343 e. The van der Waals surface area contributed by atoms with Crippen molar-refractivity contribution in [3.8, 4) is 11.4 Å². The highest BCUT2D eigenvalue weighted by Gasteiger charge is 2.46. The van der Waals surface area contributed by atoms with Crippen molar-refractivity contribution in [1.82, 2.24) is 9.55 Å². The van der Waals surface area contributed by atoms with Gasteiger partial charge in [0.25, 0.3) is 5.56 Å². The molecule has 2 aliphatic heterocycles. The van der Waals surface area contributed by atoms with Crippen LogP contribution >= 0.6 is 11.8 Å². The topological polar surface area (TPSA) is 108 Å². The summed E-state index contributed by atoms with van der Waals surface area (Å²) in [5.74, 6) is -1.40. The quantitative estimate of drug-likeness (QED) is 0.353. The van der Waals surface area contributed by atoms with E-state index in [0.717, 1.165) is 26.3 Å². The van der Waals surface area contributed by atoms with Gasteiger partial charge in [0.1, 0.15) is 6.61 Å². The number of benzene rings is 2. The first-order chi connectivity index (χ1) is 17.8. The molecule has 8 nitrogen and oxygen atoms in total. The average Bonchev–Trinajstić information content (AvgIpc) is 3.24. The molecule has 0 aliphatic carbocycles. The fraction of sp³-hybridized carbons (Fsp3) is 0.214. The summed E-state index contributed by atoms with van der Waals surface area (Å²) in [6, 6.07) is 19.7. The molecule has 1 N–H and O–H groups in total. The molecule has 2 aromatic heterocycles. The van der Waals surface area contributed by atoms with Crippen LogP contribution in [-0.2, 0) is 37.8 Å². The van der Waals surface area contributed by atoms with Gasteiger partial charge in [-0.15, -0.1) is 0 Å². The number of aliphatic hydroxyl groups is 1. The lowest BCUT2D eigenvalue weighted by atomic mass is 9.85. The Kier molecular flexibility index (Phi) is 5.62. The smallest absolute Gasteiger partial charge is 0.343 e. The molecule has 4 aromatic rings. The summed E-state index contributed by atoms with van der Waals surface area (Å²) >= 11 is 1.61. The fourth-order valence-corrected chi connectivity index (χ4v) is 5.88. The number of rotatable bonds is 5. The lowest BCUT2D eigenvalue weighted by Crippen LogP contribution is -2.45. The minimum Gasteiger partial charge on any atom is -0.466 e. The molecule has 9 heteroatoms. The third kappa shape index (κ3) is 3.91. The molecule has 0 unspecified atom stereocenters. The number of para-hydroxylation sites is 1. The Balaban J connectivity index is 1.48. The number of cyclic esters (lactones) is 1. The van der Waals surface area contributed by atoms with Gasteiger partial charge < -0.3 is 19.1 Å². The molecule has 1 atom stereocenters. The molecule has 0 radical (unpaired) electrons. The average molecular weight is 515 g/mol. The molecule has 0 fully saturated rings. The minimum atomic E-state index is -2.11. The number of hydrogen-bond acceptors (Lipinski definition) is 8. The molecule has 2 aliphatic rings. The second-order valence-corrected chi connectivity index (χ2v) is 10.2. The van der Waals surface area contributed by atoms with Crippen molar-refractivity contribution in [3.05, 3.63) is 87.7 Å². The molecular weight excluding hydrogens is 492 g/mol. The van der Waals surface area contributed by atoms with Crippen LogP contribution < -0.4 is 5.56 Å². The van der Waals surface area contributed by atoms with Crippen molar-refractivity contribution in [2.75, 3.05) is 6.61 Å². The van der Waals surface area contributed by atoms with Gasteiger partial charge in [-0.05, 0) is 30.3 Å². The van der Waals surface area contributed by atoms with Crippen LogP contribution in [0.2, 0.25) is 0 Å². The van der Waals surface area contributed by atoms with Crippen LogP contribution in [-0.4, -0.2) is 33.2 Å². The molecule has 2 aromatic carbocycles. The van der Waals surface area contributed by atoms with Crippen LogP contribution in [0.4, 0.5) is 0 Å². The van der Waals surface area contributed by atoms with E-state index in [1.165, 1.54) is 6.92 Å². The normalized spacial score (nSPS) is 17.6. The van der Waals surface area contributed by atoms with Gasteiger partial charge in [0, 0.05) is 39.6 Å². The van der Waals surface area contributed by atoms with E-state index in [9.17, 15) is 19.5 Å². The van der Waals surface area contributed by atoms with Gasteiger partial charge in [-0.3, -0.25) is 9.59 Å². The molecule has 4 heterocycles. The molecule has 0 saturated heterocycles. The Bertz CT molecular complexity index is 1650. The first-order valence-corrected chi connectivity index (χ1v) is 12.6. The lowest BCUT2D eigenvalue weighted by molar-refractivity contribution is -0.175. The second kappa shape index (κ2) is 8.86. The van der Waals surface area contributed by atoms with E-state index in [4.69, 9.17) is 14.5 Å². The van der Waals surface area contributed by atoms with Crippen molar-refractivity contribution < 1.29 is 24.2 Å². The van der Waals surface area contributed by atoms with E-state index in [1.807, 2.05) is 54.6 Å². The zero-order chi connectivity index (χ0) is 25.7. The zero-order valence-corrected chi connectivity index (χ0v) is 20.7. The van der Waals surface area contributed by atoms with Crippen LogP contribution in [0, 0.1) is 0 Å². The van der Waals surface area contributed by atoms with E-state index >= 15 is 0 Å². The highest BCUT2D eigenvalue weighted by atomic mass is 32.2. The number of nitrogens with zero attached hydrogens (tertiary/aromatic N) is 2. The Morgan fingerprint density at radius 2 is 1.97 bits per heavy atom. The maximum absolute atomic E-state index is 13.5. The van der Waals surface area contributed by atoms with Gasteiger partial charge in [-0.1, -0.05) is 42.1 Å². The number of carbonyl (C=O) groups is 2. The SMILES string of the molecule is CC(=O)OCC[C@@]1(O)C(=O)OCc2c1cc1n(c2=O)Cc2cc3cccc(Sc4ccccc4)c3nc2-1. The van der Waals surface area contributed by atoms with Gasteiger partial charge in [0.2, 0.25) is 0 Å². The van der Waals surface area contributed by atoms with E-state index in [-0.39, 0.29) is 36.3 Å². The van der Waals surface area contributed by atoms with Gasteiger partial charge in [0.05, 0.1) is 35.6 Å². The first-order valence-electron chi connectivity index (χ1n) is 11.8. The van der Waals surface area contributed by atoms with Crippen LogP contribution in [0.3, 0.4) is 0 Å². The van der Waals surface area contributed by atoms with Gasteiger partial charge >= 0.3 is 11.9 Å². The van der Waals surface area contributed by atoms with E-state index in [0.29, 0.717) is 17.9 Å². The monoisotopic (exact) mass is 514 g/mol. The Hall–Kier alpha value is -3.95. The fourth-order valence-electron chi connectivity index (χ4n) is 4.92. The number of pyridine rings is 2. The zero-order valence-electron chi connectivity index (χ0n) is 19.9. The standard InChI is InChI=1S/C28H22N2O6S/c1-16(31)35-11-10-28(34)21-13-22-24-18(14-30(22)26(32)20(21)15-36-27(28)33)12-17-6-5-9-23(25(17)29-24)37-19-7-3-2-4-8-19/h2-9,12-13,34H,10-11,14-15H2,1H3/t28-/m0/s1. The van der Waals surface area contributed by atoms with Crippen LogP contribution in [0.15, 0.2) is 75.2 Å². The highest BCUT2D eigenvalue weighted by molar-refractivity contribution is 7.99. The predicted octanol–water partition coefficient (Wildman–Crippen LogP) is 3.77. The first kappa shape index (κ1) is 23.4. The van der Waals surface area contributed by atoms with E-state index in [1.54, 1.807) is 22.4 Å². The lowest BCUT2D eigenvalue weighted by Gasteiger charge is -2.32. The summed E-state index contributed by atoms with van der Waals surface area (Å²) < 4.78 is 11.7. The van der Waals surface area contributed by atoms with Crippen molar-refractivity contribution >= 4 is 34.6 Å². The number of carbonyl (C=O) groups excluding carboxylic acids is 2. The number of ether oxygens (including phenoxy) is 2. The van der Waals surface area contributed by atoms with Crippen molar-refractivity contribution in [2.45, 2.75) is 41.9 Å². The van der Waals surface area contributed by atoms with Gasteiger partial charge in [0.15, 0.2) is 5.60 Å². The Labute approximate surface area is 215 Å². The number of fused-ring (bicyclic) bond motifs is 5. The van der Waals surface area contributed by atoms with Crippen LogP contribution in [0.5, 0.6) is 0 Å². The molecule has 186 valence electrons. The van der Waals surface area contributed by atoms with Crippen molar-refractivity contribution in [1.29, 1.82) is 0 Å². The third-order valence-corrected chi connectivity index (χ3v) is 7.79. The molecule has 0 amide bonds. The van der Waals surface area contributed by atoms with Gasteiger partial charge in [-0.25, -0.2) is 9.78 Å². The molecular formula is C28H22N2O6S. The van der Waals surface area contributed by atoms with E-state index < -0.39 is 17.5 Å². The minimum absolute atomic E-state index is 0.175. The van der Waals surface area contributed by atoms with Gasteiger partial charge in [-0.2, -0.15) is 0 Å². The molecule has 0 saturated carbocycles. The maximum atomic E-state index is 13.5. The summed E-state index contributed by atoms with van der Waals surface area (Å²) in [4.78, 5) is 44.4. The summed E-state index contributed by atoms with van der Waals surface area (Å²) in [6.45, 7) is 1.15. The highest BCUT2D eigenvalue weighted by Crippen LogP contribution is 2.40. The van der Waals surface area contributed by atoms with E-state index in [2.05, 4.69) is 0 Å². The Morgan fingerprint density at radius 3 is 2.76 bits per heavy atom. The largest absolute Gasteiger partial charge is 0.466 e. The van der Waals surface area contributed by atoms with Crippen LogP contribution in [0.25, 0.3) is 22.3 Å². The Morgan fingerprint density at radius 1 is 1.16 bits per heavy atom. The van der Waals surface area contributed by atoms with Crippen LogP contribution in [0.1, 0.15) is 30.0 Å². The second-order valence-electron chi connectivity index (χ2n) is 9.08. The number of hydrogen-bond donors (Lipinski definition) is 1. The predicted molar refractivity (Wildman–Crippen MR) is 136 cm³/mol. The summed E-state index contributed by atoms with van der Waals surface area (Å²) in [5, 5.41) is 12.3. The third-order valence-electron chi connectivity index (χ3n) is 6.73. The number of aromatic nitrogens is 2. The number of esters is 2. The molecule has 0 bridgehead atoms. The van der Waals surface area contributed by atoms with Crippen molar-refractivity contribution in [3.63, 3.8) is 0 Å². The summed E-state index contributed by atoms with van der Waals surface area (Å²) in [6.07, 6.45) is -0.225. The molecule has 0 spiro atoms. The molecule has 6 rings (SSSR count). The molecule has 37 heavy (non-hydrogen) atoms. The summed E-state index contributed by atoms with van der Waals surface area (Å²) in [7, 11) is 0. The summed E-state index contributed by atoms with van der Waals surface area (Å²) in [5.41, 5.74) is 0.788. The van der Waals surface area contributed by atoms with Crippen molar-refractivity contribution in [2.24, 2.45) is 0 Å².